The molecule has 0 saturated carbocycles. The van der Waals surface area contributed by atoms with E-state index in [-0.39, 0.29) is 0 Å². The van der Waals surface area contributed by atoms with Crippen LogP contribution in [0.3, 0.4) is 0 Å². The molecule has 0 amide bonds. The Morgan fingerprint density at radius 1 is 0.245 bits per heavy atom. The Labute approximate surface area is 309 Å². The van der Waals surface area contributed by atoms with Gasteiger partial charge in [-0.15, -0.1) is 0 Å². The van der Waals surface area contributed by atoms with Crippen molar-refractivity contribution in [2.45, 2.75) is 0 Å². The molecule has 10 aromatic carbocycles. The topological polar surface area (TPSA) is 3.24 Å². The molecular weight excluding hydrogens is 639 g/mol. The van der Waals surface area contributed by atoms with Gasteiger partial charge in [0, 0.05) is 16.9 Å². The van der Waals surface area contributed by atoms with Crippen LogP contribution >= 0.6 is 0 Å². The summed E-state index contributed by atoms with van der Waals surface area (Å²) >= 11 is 0. The van der Waals surface area contributed by atoms with Crippen molar-refractivity contribution in [3.8, 4) is 33.4 Å². The molecule has 53 heavy (non-hydrogen) atoms. The summed E-state index contributed by atoms with van der Waals surface area (Å²) < 4.78 is 0. The van der Waals surface area contributed by atoms with Crippen LogP contribution in [0.4, 0.5) is 17.1 Å². The number of anilines is 3. The second-order valence-corrected chi connectivity index (χ2v) is 13.7. The minimum absolute atomic E-state index is 1.11. The van der Waals surface area contributed by atoms with E-state index in [0.29, 0.717) is 0 Å². The van der Waals surface area contributed by atoms with Gasteiger partial charge in [-0.2, -0.15) is 0 Å². The molecule has 248 valence electrons. The van der Waals surface area contributed by atoms with Crippen molar-refractivity contribution in [3.05, 3.63) is 212 Å². The minimum Gasteiger partial charge on any atom is -0.310 e. The Balaban J connectivity index is 1.05. The summed E-state index contributed by atoms with van der Waals surface area (Å²) in [5.74, 6) is 0. The van der Waals surface area contributed by atoms with E-state index >= 15 is 0 Å². The Morgan fingerprint density at radius 3 is 1.47 bits per heavy atom. The van der Waals surface area contributed by atoms with Crippen LogP contribution in [0.5, 0.6) is 0 Å². The molecule has 0 saturated heterocycles. The zero-order valence-electron chi connectivity index (χ0n) is 29.2. The molecule has 0 fully saturated rings. The first kappa shape index (κ1) is 30.8. The third-order valence-electron chi connectivity index (χ3n) is 10.7. The van der Waals surface area contributed by atoms with Gasteiger partial charge in [-0.25, -0.2) is 0 Å². The zero-order valence-corrected chi connectivity index (χ0v) is 29.2. The highest BCUT2D eigenvalue weighted by Crippen LogP contribution is 2.43. The molecule has 0 aliphatic heterocycles. The van der Waals surface area contributed by atoms with Gasteiger partial charge in [0.05, 0.1) is 5.69 Å². The zero-order chi connectivity index (χ0) is 35.1. The number of hydrogen-bond donors (Lipinski definition) is 0. The maximum Gasteiger partial charge on any atom is 0.0540 e. The summed E-state index contributed by atoms with van der Waals surface area (Å²) in [6.45, 7) is 0. The summed E-state index contributed by atoms with van der Waals surface area (Å²) in [6.07, 6.45) is 0. The molecule has 10 aromatic rings. The molecule has 0 heterocycles. The molecule has 0 bridgehead atoms. The lowest BCUT2D eigenvalue weighted by Crippen LogP contribution is -2.11. The highest BCUT2D eigenvalue weighted by molar-refractivity contribution is 6.18. The molecule has 1 heteroatoms. The first-order valence-corrected chi connectivity index (χ1v) is 18.3. The van der Waals surface area contributed by atoms with E-state index in [1.165, 1.54) is 76.5 Å². The molecule has 0 aliphatic carbocycles. The number of benzene rings is 10. The summed E-state index contributed by atoms with van der Waals surface area (Å²) in [5, 5.41) is 10.2. The predicted molar refractivity (Wildman–Crippen MR) is 227 cm³/mol. The Morgan fingerprint density at radius 2 is 0.736 bits per heavy atom. The molecule has 0 radical (unpaired) electrons. The lowest BCUT2D eigenvalue weighted by atomic mass is 9.90. The van der Waals surface area contributed by atoms with Gasteiger partial charge in [-0.3, -0.25) is 0 Å². The Bertz CT molecular complexity index is 2930. The average Bonchev–Trinajstić information content (AvgIpc) is 3.24. The largest absolute Gasteiger partial charge is 0.310 e. The Hall–Kier alpha value is -6.96. The molecule has 1 nitrogen and oxygen atoms in total. The Kier molecular flexibility index (Phi) is 7.55. The highest BCUT2D eigenvalue weighted by atomic mass is 15.1. The number of rotatable bonds is 6. The van der Waals surface area contributed by atoms with Crippen molar-refractivity contribution in [1.82, 2.24) is 0 Å². The molecule has 0 N–H and O–H groups in total. The molecule has 0 unspecified atom stereocenters. The van der Waals surface area contributed by atoms with Gasteiger partial charge in [0.25, 0.3) is 0 Å². The van der Waals surface area contributed by atoms with E-state index in [4.69, 9.17) is 0 Å². The molecular formula is C52H35N. The number of nitrogens with zero attached hydrogens (tertiary/aromatic N) is 1. The van der Waals surface area contributed by atoms with E-state index in [1.807, 2.05) is 0 Å². The monoisotopic (exact) mass is 673 g/mol. The van der Waals surface area contributed by atoms with Crippen LogP contribution in [0.15, 0.2) is 212 Å². The fraction of sp³-hybridized carbons (Fsp3) is 0. The van der Waals surface area contributed by atoms with Crippen molar-refractivity contribution >= 4 is 60.2 Å². The van der Waals surface area contributed by atoms with Crippen molar-refractivity contribution in [2.75, 3.05) is 4.90 Å². The maximum absolute atomic E-state index is 2.36. The number of para-hydroxylation sites is 2. The number of hydrogen-bond acceptors (Lipinski definition) is 1. The maximum atomic E-state index is 2.36. The first-order valence-electron chi connectivity index (χ1n) is 18.3. The van der Waals surface area contributed by atoms with Gasteiger partial charge < -0.3 is 4.90 Å². The fourth-order valence-corrected chi connectivity index (χ4v) is 8.12. The quantitative estimate of drug-likeness (QED) is 0.159. The average molecular weight is 674 g/mol. The lowest BCUT2D eigenvalue weighted by Gasteiger charge is -2.28. The van der Waals surface area contributed by atoms with E-state index in [9.17, 15) is 0 Å². The molecule has 0 atom stereocenters. The normalized spacial score (nSPS) is 11.4. The third-order valence-corrected chi connectivity index (χ3v) is 10.7. The molecule has 0 aliphatic rings. The van der Waals surface area contributed by atoms with E-state index in [2.05, 4.69) is 217 Å². The van der Waals surface area contributed by atoms with E-state index in [0.717, 1.165) is 17.1 Å². The van der Waals surface area contributed by atoms with E-state index in [1.54, 1.807) is 0 Å². The van der Waals surface area contributed by atoms with Gasteiger partial charge in [0.1, 0.15) is 0 Å². The lowest BCUT2D eigenvalue weighted by molar-refractivity contribution is 1.28. The van der Waals surface area contributed by atoms with Crippen molar-refractivity contribution < 1.29 is 0 Å². The van der Waals surface area contributed by atoms with Gasteiger partial charge in [0.15, 0.2) is 0 Å². The van der Waals surface area contributed by atoms with Crippen LogP contribution < -0.4 is 4.90 Å². The first-order chi connectivity index (χ1) is 26.3. The second-order valence-electron chi connectivity index (χ2n) is 13.7. The summed E-state index contributed by atoms with van der Waals surface area (Å²) in [7, 11) is 0. The highest BCUT2D eigenvalue weighted by Gasteiger charge is 2.18. The predicted octanol–water partition coefficient (Wildman–Crippen LogP) is 14.8. The van der Waals surface area contributed by atoms with Crippen LogP contribution in [-0.4, -0.2) is 0 Å². The molecule has 0 aromatic heterocycles. The molecule has 0 spiro atoms. The molecule has 10 rings (SSSR count). The second kappa shape index (κ2) is 13.0. The summed E-state index contributed by atoms with van der Waals surface area (Å²) in [6, 6.07) is 77.1. The minimum atomic E-state index is 1.11. The van der Waals surface area contributed by atoms with Crippen molar-refractivity contribution in [1.29, 1.82) is 0 Å². The SMILES string of the molecule is c1ccc(-c2ccccc2N(c2ccccc2)c2ccc(-c3ccc(-c4ccc5c(ccc6c7ccccc7ccc56)c4)c4ccccc34)cc2)cc1. The van der Waals surface area contributed by atoms with Gasteiger partial charge in [-0.05, 0) is 107 Å². The van der Waals surface area contributed by atoms with E-state index < -0.39 is 0 Å². The standard InChI is InChI=1S/C52H35N/c1-3-13-36(14-4-1)47-19-11-12-22-52(47)53(41-16-5-2-6-17-41)42-28-23-38(24-29-42)44-33-34-46(49-21-10-9-20-48(44)49)39-26-30-45-40(35-39)27-32-50-43-18-8-7-15-37(43)25-31-51(45)50/h1-35H. The fourth-order valence-electron chi connectivity index (χ4n) is 8.12. The van der Waals surface area contributed by atoms with Crippen LogP contribution in [0.25, 0.3) is 76.5 Å². The smallest absolute Gasteiger partial charge is 0.0540 e. The van der Waals surface area contributed by atoms with Crippen molar-refractivity contribution in [3.63, 3.8) is 0 Å². The van der Waals surface area contributed by atoms with Gasteiger partial charge in [-0.1, -0.05) is 176 Å². The number of fused-ring (bicyclic) bond motifs is 6. The van der Waals surface area contributed by atoms with Gasteiger partial charge >= 0.3 is 0 Å². The van der Waals surface area contributed by atoms with Crippen LogP contribution in [0, 0.1) is 0 Å². The van der Waals surface area contributed by atoms with Crippen LogP contribution in [0.1, 0.15) is 0 Å². The summed E-state index contributed by atoms with van der Waals surface area (Å²) in [5.41, 5.74) is 10.7. The third kappa shape index (κ3) is 5.42. The van der Waals surface area contributed by atoms with Gasteiger partial charge in [0.2, 0.25) is 0 Å². The van der Waals surface area contributed by atoms with Crippen molar-refractivity contribution in [2.24, 2.45) is 0 Å². The summed E-state index contributed by atoms with van der Waals surface area (Å²) in [4.78, 5) is 2.36. The van der Waals surface area contributed by atoms with Crippen LogP contribution in [0.2, 0.25) is 0 Å². The van der Waals surface area contributed by atoms with Crippen LogP contribution in [-0.2, 0) is 0 Å².